The molecule has 0 saturated heterocycles. The molecule has 5 aromatic heterocycles. The van der Waals surface area contributed by atoms with Crippen molar-refractivity contribution in [2.24, 2.45) is 0 Å². The van der Waals surface area contributed by atoms with E-state index in [-0.39, 0.29) is 0 Å². The Morgan fingerprint density at radius 2 is 1.02 bits per heavy atom. The van der Waals surface area contributed by atoms with Crippen LogP contribution in [0.5, 0.6) is 23.0 Å². The van der Waals surface area contributed by atoms with Gasteiger partial charge in [0.2, 0.25) is 5.95 Å². The number of benzene rings is 4. The summed E-state index contributed by atoms with van der Waals surface area (Å²) in [5, 5.41) is 2.05. The first-order valence-electron chi connectivity index (χ1n) is 16.1. The topological polar surface area (TPSA) is 88.1 Å². The Bertz CT molecular complexity index is 2440. The predicted octanol–water partition coefficient (Wildman–Crippen LogP) is 10.5. The van der Waals surface area contributed by atoms with Crippen molar-refractivity contribution in [3.8, 4) is 62.8 Å². The van der Waals surface area contributed by atoms with Gasteiger partial charge < -0.3 is 13.9 Å². The number of hydrogen-bond donors (Lipinski definition) is 0. The van der Waals surface area contributed by atoms with Crippen molar-refractivity contribution in [3.05, 3.63) is 165 Å². The van der Waals surface area contributed by atoms with Gasteiger partial charge in [-0.1, -0.05) is 36.4 Å². The maximum atomic E-state index is 6.43. The zero-order valence-electron chi connectivity index (χ0n) is 26.5. The zero-order valence-corrected chi connectivity index (χ0v) is 26.5. The number of ether oxygens (including phenoxy) is 2. The summed E-state index contributed by atoms with van der Waals surface area (Å²) in [6, 6.07) is 43.4. The predicted molar refractivity (Wildman–Crippen MR) is 194 cm³/mol. The summed E-state index contributed by atoms with van der Waals surface area (Å²) in [5.74, 6) is 3.97. The molecule has 0 aliphatic rings. The maximum Gasteiger partial charge on any atom is 0.234 e. The van der Waals surface area contributed by atoms with Gasteiger partial charge in [-0.3, -0.25) is 14.5 Å². The molecule has 0 atom stereocenters. The highest BCUT2D eigenvalue weighted by Gasteiger charge is 2.17. The minimum absolute atomic E-state index is 0.504. The number of aromatic nitrogens is 5. The van der Waals surface area contributed by atoms with Crippen molar-refractivity contribution < 1.29 is 13.9 Å². The second-order valence-electron chi connectivity index (χ2n) is 11.6. The minimum atomic E-state index is 0.504. The molecule has 0 saturated carbocycles. The Morgan fingerprint density at radius 1 is 0.460 bits per heavy atom. The summed E-state index contributed by atoms with van der Waals surface area (Å²) in [6.07, 6.45) is 8.75. The Hall–Kier alpha value is -7.06. The molecule has 0 unspecified atom stereocenters. The van der Waals surface area contributed by atoms with Crippen molar-refractivity contribution in [1.82, 2.24) is 24.5 Å². The van der Waals surface area contributed by atoms with Gasteiger partial charge in [0, 0.05) is 58.8 Å². The molecule has 4 aromatic carbocycles. The first kappa shape index (κ1) is 29.1. The molecule has 5 heterocycles. The minimum Gasteiger partial charge on any atom is -0.464 e. The van der Waals surface area contributed by atoms with Crippen LogP contribution in [0, 0.1) is 0 Å². The standard InChI is InChI=1S/C42H27N5O3/c1-3-19-43-37(12-1)28-8-5-10-31(22-28)49-33-15-17-35-36-18-16-34(50-32-11-6-9-29(23-32)38-13-2-4-20-44-38)25-40(36)47(39(35)24-33)42-45-26-30(27-46-42)41-14-7-21-48-41/h1-27H. The van der Waals surface area contributed by atoms with Crippen molar-refractivity contribution in [2.75, 3.05) is 0 Å². The lowest BCUT2D eigenvalue weighted by atomic mass is 10.1. The lowest BCUT2D eigenvalue weighted by Gasteiger charge is -2.10. The summed E-state index contributed by atoms with van der Waals surface area (Å²) in [7, 11) is 0. The van der Waals surface area contributed by atoms with E-state index >= 15 is 0 Å². The highest BCUT2D eigenvalue weighted by Crippen LogP contribution is 2.38. The van der Waals surface area contributed by atoms with E-state index in [1.165, 1.54) is 0 Å². The number of rotatable bonds is 8. The lowest BCUT2D eigenvalue weighted by molar-refractivity contribution is 0.483. The van der Waals surface area contributed by atoms with Gasteiger partial charge >= 0.3 is 0 Å². The van der Waals surface area contributed by atoms with Gasteiger partial charge in [-0.2, -0.15) is 0 Å². The van der Waals surface area contributed by atoms with E-state index in [2.05, 4.69) is 22.1 Å². The third-order valence-electron chi connectivity index (χ3n) is 8.42. The van der Waals surface area contributed by atoms with Crippen molar-refractivity contribution in [3.63, 3.8) is 0 Å². The van der Waals surface area contributed by atoms with E-state index in [0.29, 0.717) is 34.7 Å². The van der Waals surface area contributed by atoms with Gasteiger partial charge in [0.1, 0.15) is 28.8 Å². The summed E-state index contributed by atoms with van der Waals surface area (Å²) in [6.45, 7) is 0. The molecule has 0 fully saturated rings. The molecule has 0 aliphatic heterocycles. The molecule has 50 heavy (non-hydrogen) atoms. The highest BCUT2D eigenvalue weighted by atomic mass is 16.5. The van der Waals surface area contributed by atoms with Crippen molar-refractivity contribution >= 4 is 21.8 Å². The monoisotopic (exact) mass is 649 g/mol. The number of hydrogen-bond acceptors (Lipinski definition) is 7. The molecular formula is C42H27N5O3. The molecule has 238 valence electrons. The van der Waals surface area contributed by atoms with Crippen LogP contribution in [-0.4, -0.2) is 24.5 Å². The largest absolute Gasteiger partial charge is 0.464 e. The van der Waals surface area contributed by atoms with Crippen molar-refractivity contribution in [2.45, 2.75) is 0 Å². The molecule has 9 rings (SSSR count). The van der Waals surface area contributed by atoms with Crippen LogP contribution in [0.3, 0.4) is 0 Å². The first-order chi connectivity index (χ1) is 24.7. The first-order valence-corrected chi connectivity index (χ1v) is 16.1. The van der Waals surface area contributed by atoms with Gasteiger partial charge in [0.25, 0.3) is 0 Å². The normalized spacial score (nSPS) is 11.2. The zero-order chi connectivity index (χ0) is 33.3. The smallest absolute Gasteiger partial charge is 0.234 e. The van der Waals surface area contributed by atoms with Crippen LogP contribution < -0.4 is 9.47 Å². The SMILES string of the molecule is c1ccc(-c2cccc(Oc3ccc4c5ccc(Oc6cccc(-c7ccccn7)c6)cc5n(-c5ncc(-c6ccco6)cn5)c4c3)c2)nc1. The van der Waals surface area contributed by atoms with Crippen molar-refractivity contribution in [1.29, 1.82) is 0 Å². The van der Waals surface area contributed by atoms with Gasteiger partial charge in [-0.15, -0.1) is 0 Å². The lowest BCUT2D eigenvalue weighted by Crippen LogP contribution is -2.01. The molecule has 0 N–H and O–H groups in total. The Morgan fingerprint density at radius 3 is 1.52 bits per heavy atom. The average molecular weight is 650 g/mol. The Kier molecular flexibility index (Phi) is 7.29. The maximum absolute atomic E-state index is 6.43. The number of fused-ring (bicyclic) bond motifs is 3. The van der Waals surface area contributed by atoms with Crippen LogP contribution in [0.2, 0.25) is 0 Å². The number of pyridine rings is 2. The molecule has 0 bridgehead atoms. The van der Waals surface area contributed by atoms with E-state index < -0.39 is 0 Å². The quantitative estimate of drug-likeness (QED) is 0.162. The average Bonchev–Trinajstić information content (AvgIpc) is 3.83. The van der Waals surface area contributed by atoms with E-state index in [9.17, 15) is 0 Å². The van der Waals surface area contributed by atoms with Crippen LogP contribution in [0.4, 0.5) is 0 Å². The van der Waals surface area contributed by atoms with Gasteiger partial charge in [-0.25, -0.2) is 9.97 Å². The molecule has 9 aromatic rings. The van der Waals surface area contributed by atoms with E-state index in [1.54, 1.807) is 31.1 Å². The molecule has 0 spiro atoms. The Labute approximate surface area is 286 Å². The molecule has 8 nitrogen and oxygen atoms in total. The van der Waals surface area contributed by atoms with Gasteiger partial charge in [0.05, 0.1) is 34.2 Å². The molecule has 0 amide bonds. The summed E-state index contributed by atoms with van der Waals surface area (Å²) >= 11 is 0. The Balaban J connectivity index is 1.13. The molecule has 0 aliphatic carbocycles. The summed E-state index contributed by atoms with van der Waals surface area (Å²) in [4.78, 5) is 18.6. The van der Waals surface area contributed by atoms with E-state index in [0.717, 1.165) is 49.9 Å². The molecule has 8 heteroatoms. The third-order valence-corrected chi connectivity index (χ3v) is 8.42. The fraction of sp³-hybridized carbons (Fsp3) is 0. The third kappa shape index (κ3) is 5.61. The van der Waals surface area contributed by atoms with Crippen LogP contribution in [0.1, 0.15) is 0 Å². The van der Waals surface area contributed by atoms with E-state index in [4.69, 9.17) is 23.9 Å². The van der Waals surface area contributed by atoms with Gasteiger partial charge in [-0.05, 0) is 84.9 Å². The van der Waals surface area contributed by atoms with E-state index in [1.807, 2.05) is 126 Å². The molecular weight excluding hydrogens is 622 g/mol. The summed E-state index contributed by atoms with van der Waals surface area (Å²) < 4.78 is 20.5. The van der Waals surface area contributed by atoms with Crippen LogP contribution >= 0.6 is 0 Å². The fourth-order valence-electron chi connectivity index (χ4n) is 6.10. The second kappa shape index (κ2) is 12.5. The molecule has 0 radical (unpaired) electrons. The van der Waals surface area contributed by atoms with Gasteiger partial charge in [0.15, 0.2) is 0 Å². The van der Waals surface area contributed by atoms with Crippen LogP contribution in [0.25, 0.3) is 61.6 Å². The fourth-order valence-corrected chi connectivity index (χ4v) is 6.10. The number of nitrogens with zero attached hydrogens (tertiary/aromatic N) is 5. The summed E-state index contributed by atoms with van der Waals surface area (Å²) in [5.41, 5.74) is 6.27. The number of furan rings is 1. The van der Waals surface area contributed by atoms with Crippen LogP contribution in [-0.2, 0) is 0 Å². The highest BCUT2D eigenvalue weighted by molar-refractivity contribution is 6.09. The second-order valence-corrected chi connectivity index (χ2v) is 11.6. The van der Waals surface area contributed by atoms with Crippen LogP contribution in [0.15, 0.2) is 169 Å².